The fourth-order valence-corrected chi connectivity index (χ4v) is 2.52. The van der Waals surface area contributed by atoms with E-state index in [4.69, 9.17) is 0 Å². The van der Waals surface area contributed by atoms with Gasteiger partial charge in [0.2, 0.25) is 0 Å². The number of rotatable bonds is 2. The van der Waals surface area contributed by atoms with Gasteiger partial charge in [0, 0.05) is 11.1 Å². The lowest BCUT2D eigenvalue weighted by atomic mass is 10.1. The smallest absolute Gasteiger partial charge is 0.443 e. The minimum atomic E-state index is -4.45. The van der Waals surface area contributed by atoms with Crippen LogP contribution in [-0.2, 0) is 21.1 Å². The highest BCUT2D eigenvalue weighted by Crippen LogP contribution is 2.52. The first-order valence-corrected chi connectivity index (χ1v) is 5.34. The molecule has 0 N–H and O–H groups in total. The van der Waals surface area contributed by atoms with E-state index < -0.39 is 22.6 Å². The van der Waals surface area contributed by atoms with Crippen molar-refractivity contribution in [2.45, 2.75) is 24.4 Å². The molecule has 1 aromatic heterocycles. The summed E-state index contributed by atoms with van der Waals surface area (Å²) < 4.78 is 41.6. The van der Waals surface area contributed by atoms with Gasteiger partial charge in [-0.2, -0.15) is 13.2 Å². The van der Waals surface area contributed by atoms with Crippen LogP contribution >= 0.6 is 11.3 Å². The molecule has 1 fully saturated rings. The number of ether oxygens (including phenoxy) is 1. The molecule has 1 aliphatic carbocycles. The number of methoxy groups -OCH3 is 1. The molecule has 7 heteroatoms. The normalized spacial score (nSPS) is 18.2. The molecule has 0 amide bonds. The summed E-state index contributed by atoms with van der Waals surface area (Å²) in [7, 11) is 1.23. The van der Waals surface area contributed by atoms with Gasteiger partial charge in [0.1, 0.15) is 5.41 Å². The molecule has 2 rings (SSSR count). The van der Waals surface area contributed by atoms with Gasteiger partial charge in [0.05, 0.1) is 7.11 Å². The SMILES string of the molecule is COC(=O)C1(c2cnc(C(F)(F)F)s2)CC1. The maximum Gasteiger partial charge on any atom is 0.443 e. The first kappa shape index (κ1) is 11.4. The van der Waals surface area contributed by atoms with E-state index in [-0.39, 0.29) is 0 Å². The third-order valence-electron chi connectivity index (χ3n) is 2.55. The summed E-state index contributed by atoms with van der Waals surface area (Å²) in [6, 6.07) is 0. The highest BCUT2D eigenvalue weighted by Gasteiger charge is 2.54. The number of thiazole rings is 1. The van der Waals surface area contributed by atoms with E-state index in [1.54, 1.807) is 0 Å². The second kappa shape index (κ2) is 3.44. The van der Waals surface area contributed by atoms with Gasteiger partial charge in [0.25, 0.3) is 0 Å². The van der Waals surface area contributed by atoms with E-state index >= 15 is 0 Å². The molecule has 16 heavy (non-hydrogen) atoms. The van der Waals surface area contributed by atoms with Crippen LogP contribution in [0.1, 0.15) is 22.7 Å². The van der Waals surface area contributed by atoms with E-state index in [0.29, 0.717) is 29.1 Å². The Morgan fingerprint density at radius 3 is 2.56 bits per heavy atom. The third-order valence-corrected chi connectivity index (χ3v) is 3.79. The predicted molar refractivity (Wildman–Crippen MR) is 50.0 cm³/mol. The van der Waals surface area contributed by atoms with Crippen LogP contribution in [0.25, 0.3) is 0 Å². The predicted octanol–water partition coefficient (Wildman–Crippen LogP) is 2.37. The standard InChI is InChI=1S/C9H8F3NO2S/c1-15-7(14)8(2-3-8)5-4-13-6(16-5)9(10,11)12/h4H,2-3H2,1H3. The molecule has 1 aliphatic rings. The average Bonchev–Trinajstić information content (AvgIpc) is 2.85. The summed E-state index contributed by atoms with van der Waals surface area (Å²) in [5.74, 6) is -0.482. The maximum atomic E-state index is 12.3. The van der Waals surface area contributed by atoms with Crippen molar-refractivity contribution in [3.8, 4) is 0 Å². The van der Waals surface area contributed by atoms with E-state index in [1.807, 2.05) is 0 Å². The zero-order valence-corrected chi connectivity index (χ0v) is 9.11. The molecule has 88 valence electrons. The molecular weight excluding hydrogens is 243 g/mol. The summed E-state index contributed by atoms with van der Waals surface area (Å²) in [5.41, 5.74) is -0.865. The monoisotopic (exact) mass is 251 g/mol. The van der Waals surface area contributed by atoms with Crippen molar-refractivity contribution >= 4 is 17.3 Å². The minimum Gasteiger partial charge on any atom is -0.468 e. The second-order valence-electron chi connectivity index (χ2n) is 3.60. The van der Waals surface area contributed by atoms with Crippen molar-refractivity contribution in [3.05, 3.63) is 16.1 Å². The molecule has 0 bridgehead atoms. The van der Waals surface area contributed by atoms with Crippen LogP contribution in [0.3, 0.4) is 0 Å². The number of esters is 1. The van der Waals surface area contributed by atoms with Crippen LogP contribution in [0.4, 0.5) is 13.2 Å². The zero-order valence-electron chi connectivity index (χ0n) is 8.30. The van der Waals surface area contributed by atoms with E-state index in [1.165, 1.54) is 7.11 Å². The molecule has 3 nitrogen and oxygen atoms in total. The largest absolute Gasteiger partial charge is 0.468 e. The van der Waals surface area contributed by atoms with Gasteiger partial charge in [-0.25, -0.2) is 4.98 Å². The molecule has 0 aromatic carbocycles. The summed E-state index contributed by atoms with van der Waals surface area (Å²) in [5, 5.41) is -0.919. The Morgan fingerprint density at radius 2 is 2.19 bits per heavy atom. The molecule has 1 aromatic rings. The van der Waals surface area contributed by atoms with Crippen LogP contribution in [0.2, 0.25) is 0 Å². The van der Waals surface area contributed by atoms with Gasteiger partial charge < -0.3 is 4.74 Å². The number of carbonyl (C=O) groups excluding carboxylic acids is 1. The number of hydrogen-bond donors (Lipinski definition) is 0. The number of halogens is 3. The van der Waals surface area contributed by atoms with Gasteiger partial charge in [0.15, 0.2) is 5.01 Å². The zero-order chi connectivity index (χ0) is 12.0. The van der Waals surface area contributed by atoms with E-state index in [2.05, 4.69) is 9.72 Å². The summed E-state index contributed by atoms with van der Waals surface area (Å²) in [4.78, 5) is 15.1. The number of aromatic nitrogens is 1. The Labute approximate surface area is 93.2 Å². The van der Waals surface area contributed by atoms with Gasteiger partial charge in [-0.05, 0) is 12.8 Å². The molecule has 0 radical (unpaired) electrons. The van der Waals surface area contributed by atoms with Crippen LogP contribution in [-0.4, -0.2) is 18.1 Å². The first-order chi connectivity index (χ1) is 7.40. The quantitative estimate of drug-likeness (QED) is 0.757. The number of carbonyl (C=O) groups is 1. The summed E-state index contributed by atoms with van der Waals surface area (Å²) >= 11 is 0.516. The molecule has 1 saturated carbocycles. The Bertz CT molecular complexity index is 423. The third kappa shape index (κ3) is 1.68. The first-order valence-electron chi connectivity index (χ1n) is 4.52. The number of alkyl halides is 3. The van der Waals surface area contributed by atoms with Crippen molar-refractivity contribution in [1.29, 1.82) is 0 Å². The summed E-state index contributed by atoms with van der Waals surface area (Å²) in [6.45, 7) is 0. The Hall–Kier alpha value is -1.11. The maximum absolute atomic E-state index is 12.3. The Kier molecular flexibility index (Phi) is 2.45. The highest BCUT2D eigenvalue weighted by atomic mass is 32.1. The minimum absolute atomic E-state index is 0.340. The lowest BCUT2D eigenvalue weighted by molar-refractivity contribution is -0.143. The molecule has 0 unspecified atom stereocenters. The fraction of sp³-hybridized carbons (Fsp3) is 0.556. The summed E-state index contributed by atoms with van der Waals surface area (Å²) in [6.07, 6.45) is -2.27. The number of nitrogens with zero attached hydrogens (tertiary/aromatic N) is 1. The molecule has 1 heterocycles. The van der Waals surface area contributed by atoms with E-state index in [9.17, 15) is 18.0 Å². The van der Waals surface area contributed by atoms with E-state index in [0.717, 1.165) is 6.20 Å². The van der Waals surface area contributed by atoms with Crippen molar-refractivity contribution in [2.24, 2.45) is 0 Å². The fourth-order valence-electron chi connectivity index (χ4n) is 1.50. The second-order valence-corrected chi connectivity index (χ2v) is 4.63. The van der Waals surface area contributed by atoms with Crippen molar-refractivity contribution in [3.63, 3.8) is 0 Å². The molecule has 0 aliphatic heterocycles. The van der Waals surface area contributed by atoms with Gasteiger partial charge in [-0.15, -0.1) is 11.3 Å². The van der Waals surface area contributed by atoms with Crippen LogP contribution < -0.4 is 0 Å². The lowest BCUT2D eigenvalue weighted by Gasteiger charge is -2.08. The Balaban J connectivity index is 2.30. The molecule has 0 spiro atoms. The Morgan fingerprint density at radius 1 is 1.56 bits per heavy atom. The number of hydrogen-bond acceptors (Lipinski definition) is 4. The molecule has 0 saturated heterocycles. The van der Waals surface area contributed by atoms with Gasteiger partial charge in [-0.3, -0.25) is 4.79 Å². The molecule has 0 atom stereocenters. The van der Waals surface area contributed by atoms with Gasteiger partial charge >= 0.3 is 12.1 Å². The highest BCUT2D eigenvalue weighted by molar-refractivity contribution is 7.12. The molecular formula is C9H8F3NO2S. The topological polar surface area (TPSA) is 39.2 Å². The van der Waals surface area contributed by atoms with Gasteiger partial charge in [-0.1, -0.05) is 0 Å². The average molecular weight is 251 g/mol. The van der Waals surface area contributed by atoms with Crippen LogP contribution in [0, 0.1) is 0 Å². The van der Waals surface area contributed by atoms with Crippen LogP contribution in [0.15, 0.2) is 6.20 Å². The van der Waals surface area contributed by atoms with Crippen LogP contribution in [0.5, 0.6) is 0 Å². The van der Waals surface area contributed by atoms with Crippen molar-refractivity contribution < 1.29 is 22.7 Å². The van der Waals surface area contributed by atoms with Crippen molar-refractivity contribution in [1.82, 2.24) is 4.98 Å². The van der Waals surface area contributed by atoms with Crippen molar-refractivity contribution in [2.75, 3.05) is 7.11 Å². The lowest BCUT2D eigenvalue weighted by Crippen LogP contribution is -2.20.